The Hall–Kier alpha value is 0.660. The van der Waals surface area contributed by atoms with Gasteiger partial charge in [-0.05, 0) is 0 Å². The highest BCUT2D eigenvalue weighted by Gasteiger charge is 2.49. The zero-order chi connectivity index (χ0) is 29.0. The average Bonchev–Trinajstić information content (AvgIpc) is 2.53. The molecule has 0 saturated heterocycles. The van der Waals surface area contributed by atoms with Crippen molar-refractivity contribution in [1.82, 2.24) is 0 Å². The molecule has 30 heteroatoms. The molecule has 4 unspecified atom stereocenters. The van der Waals surface area contributed by atoms with E-state index < -0.39 is 84.6 Å². The Labute approximate surface area is 198 Å². The lowest BCUT2D eigenvalue weighted by atomic mass is 10.0. The second kappa shape index (κ2) is 13.3. The number of hydrogen-bond acceptors (Lipinski definition) is 12. The highest BCUT2D eigenvalue weighted by Crippen LogP contribution is 2.51. The van der Waals surface area contributed by atoms with Gasteiger partial charge in [0.25, 0.3) is 0 Å². The minimum absolute atomic E-state index is 1.84. The monoisotopic (exact) mass is 662 g/mol. The Morgan fingerprint density at radius 3 is 0.778 bits per heavy atom. The van der Waals surface area contributed by atoms with Crippen LogP contribution in [-0.2, 0) is 54.5 Å². The van der Waals surface area contributed by atoms with Gasteiger partial charge in [-0.25, -0.2) is 27.4 Å². The fourth-order valence-electron chi connectivity index (χ4n) is 2.06. The summed E-state index contributed by atoms with van der Waals surface area (Å²) in [5, 5.41) is 0. The molecule has 0 saturated carbocycles. The summed E-state index contributed by atoms with van der Waals surface area (Å²) in [7, 11) is -35.0. The summed E-state index contributed by atoms with van der Waals surface area (Å²) in [5.41, 5.74) is 0. The van der Waals surface area contributed by atoms with E-state index in [1.165, 1.54) is 0 Å². The molecule has 0 aliphatic carbocycles. The molecule has 0 spiro atoms. The second-order valence-corrected chi connectivity index (χ2v) is 13.2. The molecule has 0 amide bonds. The Kier molecular flexibility index (Phi) is 13.6. The van der Waals surface area contributed by atoms with Gasteiger partial charge in [0.05, 0.1) is 13.2 Å². The smallest absolute Gasteiger partial charge is 0.303 e. The summed E-state index contributed by atoms with van der Waals surface area (Å²) < 4.78 is 91.3. The molecule has 218 valence electrons. The summed E-state index contributed by atoms with van der Waals surface area (Å²) in [4.78, 5) is 108. The molecule has 0 aromatic carbocycles. The van der Waals surface area contributed by atoms with Crippen molar-refractivity contribution in [1.29, 1.82) is 0 Å². The average molecular weight is 662 g/mol. The SMILES string of the molecule is O=P(O)(O)OCC(OP(=O)(O)O)C(OP(=O)(O)O)C(OP(=O)(O)O)C(COP(=O)(O)O)OP(=O)(O)O. The first kappa shape index (κ1) is 36.7. The van der Waals surface area contributed by atoms with Crippen molar-refractivity contribution < 1.29 is 113 Å². The topological polar surface area (TPSA) is 401 Å². The maximum atomic E-state index is 11.4. The number of phosphoric ester groups is 6. The van der Waals surface area contributed by atoms with E-state index in [2.05, 4.69) is 27.1 Å². The van der Waals surface area contributed by atoms with E-state index in [1.54, 1.807) is 0 Å². The Bertz CT molecular complexity index is 905. The molecule has 0 fully saturated rings. The third-order valence-corrected chi connectivity index (χ3v) is 6.03. The van der Waals surface area contributed by atoms with Crippen LogP contribution in [0.4, 0.5) is 0 Å². The number of phosphoric acid groups is 6. The molecule has 0 aromatic rings. The van der Waals surface area contributed by atoms with Gasteiger partial charge in [0, 0.05) is 0 Å². The number of rotatable bonds is 17. The standard InChI is InChI=1S/C6H20O24P6/c7-31(8,9)25-1-3(27-33(13,14)15)5(29-35(19,20)21)6(30-36(22,23)24)4(28-34(16,17)18)2-26-32(10,11)12/h3-6H,1-2H2,(H2,7,8,9)(H2,10,11,12)(H2,13,14,15)(H2,16,17,18)(H2,19,20,21)(H2,22,23,24). The van der Waals surface area contributed by atoms with E-state index >= 15 is 0 Å². The molecular weight excluding hydrogens is 642 g/mol. The number of hydrogen-bond donors (Lipinski definition) is 12. The summed E-state index contributed by atoms with van der Waals surface area (Å²) in [6, 6.07) is 0. The third kappa shape index (κ3) is 19.7. The Morgan fingerprint density at radius 1 is 0.389 bits per heavy atom. The van der Waals surface area contributed by atoms with Crippen LogP contribution in [0.25, 0.3) is 0 Å². The van der Waals surface area contributed by atoms with Gasteiger partial charge in [-0.2, -0.15) is 0 Å². The molecule has 0 radical (unpaired) electrons. The summed E-state index contributed by atoms with van der Waals surface area (Å²) in [6.07, 6.45) is -12.2. The molecule has 12 N–H and O–H groups in total. The van der Waals surface area contributed by atoms with Crippen LogP contribution >= 0.6 is 46.9 Å². The van der Waals surface area contributed by atoms with E-state index in [1.807, 2.05) is 0 Å². The summed E-state index contributed by atoms with van der Waals surface area (Å²) in [6.45, 7) is -3.69. The van der Waals surface area contributed by atoms with Gasteiger partial charge in [0.1, 0.15) is 24.4 Å². The van der Waals surface area contributed by atoms with Gasteiger partial charge in [-0.3, -0.25) is 27.1 Å². The van der Waals surface area contributed by atoms with Crippen molar-refractivity contribution in [2.24, 2.45) is 0 Å². The molecular formula is C6H20O24P6. The van der Waals surface area contributed by atoms with Crippen molar-refractivity contribution in [3.63, 3.8) is 0 Å². The highest BCUT2D eigenvalue weighted by atomic mass is 31.2. The lowest BCUT2D eigenvalue weighted by Gasteiger charge is -2.36. The van der Waals surface area contributed by atoms with Gasteiger partial charge in [-0.15, -0.1) is 0 Å². The van der Waals surface area contributed by atoms with Crippen molar-refractivity contribution in [3.05, 3.63) is 0 Å². The van der Waals surface area contributed by atoms with Crippen molar-refractivity contribution in [3.8, 4) is 0 Å². The Morgan fingerprint density at radius 2 is 0.611 bits per heavy atom. The van der Waals surface area contributed by atoms with Crippen molar-refractivity contribution >= 4 is 46.9 Å². The fourth-order valence-corrected chi connectivity index (χ4v) is 4.96. The molecule has 24 nitrogen and oxygen atoms in total. The molecule has 0 aliphatic rings. The van der Waals surface area contributed by atoms with E-state index in [9.17, 15) is 27.4 Å². The predicted molar refractivity (Wildman–Crippen MR) is 104 cm³/mol. The quantitative estimate of drug-likeness (QED) is 0.0695. The van der Waals surface area contributed by atoms with Crippen LogP contribution in [0.1, 0.15) is 0 Å². The van der Waals surface area contributed by atoms with Crippen LogP contribution in [0.15, 0.2) is 0 Å². The molecule has 4 atom stereocenters. The largest absolute Gasteiger partial charge is 0.470 e. The van der Waals surface area contributed by atoms with Crippen molar-refractivity contribution in [2.45, 2.75) is 24.4 Å². The zero-order valence-corrected chi connectivity index (χ0v) is 22.0. The van der Waals surface area contributed by atoms with Crippen LogP contribution in [0, 0.1) is 0 Å². The second-order valence-electron chi connectivity index (χ2n) is 5.96. The summed E-state index contributed by atoms with van der Waals surface area (Å²) >= 11 is 0. The van der Waals surface area contributed by atoms with Gasteiger partial charge < -0.3 is 58.7 Å². The molecule has 0 aliphatic heterocycles. The van der Waals surface area contributed by atoms with Crippen LogP contribution in [-0.4, -0.2) is 96.4 Å². The van der Waals surface area contributed by atoms with Gasteiger partial charge in [-0.1, -0.05) is 0 Å². The van der Waals surface area contributed by atoms with Crippen LogP contribution in [0.2, 0.25) is 0 Å². The molecule has 0 heterocycles. The maximum absolute atomic E-state index is 11.4. The maximum Gasteiger partial charge on any atom is 0.470 e. The minimum Gasteiger partial charge on any atom is -0.303 e. The Balaban J connectivity index is 6.96. The van der Waals surface area contributed by atoms with Crippen LogP contribution < -0.4 is 0 Å². The van der Waals surface area contributed by atoms with Crippen LogP contribution in [0.5, 0.6) is 0 Å². The van der Waals surface area contributed by atoms with E-state index in [4.69, 9.17) is 58.7 Å². The minimum atomic E-state index is -6.03. The normalized spacial score (nSPS) is 18.0. The molecule has 0 aromatic heterocycles. The van der Waals surface area contributed by atoms with Crippen molar-refractivity contribution in [2.75, 3.05) is 13.2 Å². The van der Waals surface area contributed by atoms with Crippen LogP contribution in [0.3, 0.4) is 0 Å². The van der Waals surface area contributed by atoms with Gasteiger partial charge >= 0.3 is 46.9 Å². The first-order valence-corrected chi connectivity index (χ1v) is 17.1. The van der Waals surface area contributed by atoms with E-state index in [-0.39, 0.29) is 0 Å². The predicted octanol–water partition coefficient (Wildman–Crippen LogP) is -2.88. The lowest BCUT2D eigenvalue weighted by molar-refractivity contribution is -0.109. The van der Waals surface area contributed by atoms with E-state index in [0.29, 0.717) is 0 Å². The van der Waals surface area contributed by atoms with E-state index in [0.717, 1.165) is 0 Å². The summed E-state index contributed by atoms with van der Waals surface area (Å²) in [5.74, 6) is 0. The fraction of sp³-hybridized carbons (Fsp3) is 1.00. The molecule has 36 heavy (non-hydrogen) atoms. The third-order valence-electron chi connectivity index (χ3n) is 2.93. The molecule has 0 rings (SSSR count). The highest BCUT2D eigenvalue weighted by molar-refractivity contribution is 7.47. The zero-order valence-electron chi connectivity index (χ0n) is 16.7. The lowest BCUT2D eigenvalue weighted by Crippen LogP contribution is -2.51. The van der Waals surface area contributed by atoms with Gasteiger partial charge in [0.15, 0.2) is 0 Å². The van der Waals surface area contributed by atoms with Gasteiger partial charge in [0.2, 0.25) is 0 Å². The first-order chi connectivity index (χ1) is 15.6. The first-order valence-electron chi connectivity index (χ1n) is 7.93. The molecule has 0 bridgehead atoms.